The van der Waals surface area contributed by atoms with Gasteiger partial charge in [0.15, 0.2) is 0 Å². The van der Waals surface area contributed by atoms with Crippen LogP contribution in [0.3, 0.4) is 0 Å². The maximum absolute atomic E-state index is 13.1. The third-order valence-corrected chi connectivity index (χ3v) is 6.72. The van der Waals surface area contributed by atoms with Gasteiger partial charge in [-0.2, -0.15) is 13.2 Å². The number of anilines is 2. The number of nitrogens with zero attached hydrogens (tertiary/aromatic N) is 3. The summed E-state index contributed by atoms with van der Waals surface area (Å²) in [5.74, 6) is -0.332. The predicted molar refractivity (Wildman–Crippen MR) is 125 cm³/mol. The largest absolute Gasteiger partial charge is 0.417 e. The molecule has 0 radical (unpaired) electrons. The number of amides is 2. The van der Waals surface area contributed by atoms with E-state index in [1.165, 1.54) is 11.6 Å². The van der Waals surface area contributed by atoms with E-state index in [2.05, 4.69) is 10.2 Å². The first-order chi connectivity index (χ1) is 16.1. The van der Waals surface area contributed by atoms with Gasteiger partial charge in [0.2, 0.25) is 11.8 Å². The second kappa shape index (κ2) is 9.93. The number of halogens is 4. The van der Waals surface area contributed by atoms with Crippen LogP contribution in [-0.4, -0.2) is 66.9 Å². The summed E-state index contributed by atoms with van der Waals surface area (Å²) < 4.78 is 39.1. The van der Waals surface area contributed by atoms with Crippen LogP contribution in [0.15, 0.2) is 42.5 Å². The molecule has 1 saturated heterocycles. The zero-order valence-corrected chi connectivity index (χ0v) is 19.5. The monoisotopic (exact) mass is 494 g/mol. The summed E-state index contributed by atoms with van der Waals surface area (Å²) >= 11 is 5.63. The lowest BCUT2D eigenvalue weighted by atomic mass is 10.1. The summed E-state index contributed by atoms with van der Waals surface area (Å²) in [6.07, 6.45) is -3.74. The van der Waals surface area contributed by atoms with E-state index in [9.17, 15) is 22.8 Å². The normalized spacial score (nSPS) is 18.0. The minimum Gasteiger partial charge on any atom is -0.325 e. The van der Waals surface area contributed by atoms with E-state index >= 15 is 0 Å². The van der Waals surface area contributed by atoms with Gasteiger partial charge in [-0.25, -0.2) is 0 Å². The highest BCUT2D eigenvalue weighted by Crippen LogP contribution is 2.36. The van der Waals surface area contributed by atoms with Crippen molar-refractivity contribution in [2.45, 2.75) is 25.6 Å². The Labute approximate surface area is 201 Å². The van der Waals surface area contributed by atoms with Crippen molar-refractivity contribution in [3.63, 3.8) is 0 Å². The summed E-state index contributed by atoms with van der Waals surface area (Å²) in [4.78, 5) is 31.4. The highest BCUT2D eigenvalue weighted by molar-refractivity contribution is 6.31. The van der Waals surface area contributed by atoms with Gasteiger partial charge in [-0.1, -0.05) is 29.8 Å². The third-order valence-electron chi connectivity index (χ3n) is 6.39. The number of piperazine rings is 1. The number of carbonyl (C=O) groups excluding carboxylic acids is 2. The van der Waals surface area contributed by atoms with Crippen molar-refractivity contribution in [3.8, 4) is 0 Å². The van der Waals surface area contributed by atoms with Gasteiger partial charge in [-0.15, -0.1) is 0 Å². The van der Waals surface area contributed by atoms with E-state index in [4.69, 9.17) is 11.6 Å². The molecule has 0 aliphatic carbocycles. The molecule has 34 heavy (non-hydrogen) atoms. The summed E-state index contributed by atoms with van der Waals surface area (Å²) in [7, 11) is 0. The molecular weight excluding hydrogens is 469 g/mol. The minimum absolute atomic E-state index is 0.0467. The smallest absolute Gasteiger partial charge is 0.325 e. The Morgan fingerprint density at radius 2 is 1.76 bits per heavy atom. The molecule has 10 heteroatoms. The maximum Gasteiger partial charge on any atom is 0.417 e. The topological polar surface area (TPSA) is 55.9 Å². The van der Waals surface area contributed by atoms with Crippen LogP contribution < -0.4 is 10.2 Å². The molecule has 1 N–H and O–H groups in total. The van der Waals surface area contributed by atoms with Crippen LogP contribution in [0.4, 0.5) is 24.5 Å². The SMILES string of the molecule is CC(C(=O)N1CCc2ccccc21)N1CCN(CC(=O)Nc2ccc(Cl)c(C(F)(F)F)c2)CC1. The molecule has 2 aliphatic heterocycles. The fraction of sp³-hybridized carbons (Fsp3) is 0.417. The third kappa shape index (κ3) is 5.37. The molecule has 6 nitrogen and oxygen atoms in total. The molecule has 1 fully saturated rings. The number of carbonyl (C=O) groups is 2. The van der Waals surface area contributed by atoms with Crippen molar-refractivity contribution < 1.29 is 22.8 Å². The number of rotatable bonds is 5. The Morgan fingerprint density at radius 1 is 1.06 bits per heavy atom. The molecular formula is C24H26ClF3N4O2. The fourth-order valence-electron chi connectivity index (χ4n) is 4.48. The zero-order valence-electron chi connectivity index (χ0n) is 18.7. The van der Waals surface area contributed by atoms with E-state index in [-0.39, 0.29) is 24.2 Å². The summed E-state index contributed by atoms with van der Waals surface area (Å²) in [5.41, 5.74) is 1.22. The number of nitrogens with one attached hydrogen (secondary N) is 1. The second-order valence-corrected chi connectivity index (χ2v) is 9.00. The van der Waals surface area contributed by atoms with Crippen LogP contribution in [0.1, 0.15) is 18.1 Å². The molecule has 2 aromatic carbocycles. The van der Waals surface area contributed by atoms with E-state index in [0.29, 0.717) is 32.7 Å². The number of benzene rings is 2. The molecule has 2 aromatic rings. The van der Waals surface area contributed by atoms with Crippen molar-refractivity contribution in [2.24, 2.45) is 0 Å². The van der Waals surface area contributed by atoms with Gasteiger partial charge in [0.1, 0.15) is 0 Å². The molecule has 2 amide bonds. The van der Waals surface area contributed by atoms with Gasteiger partial charge in [0, 0.05) is 44.1 Å². The fourth-order valence-corrected chi connectivity index (χ4v) is 4.71. The quantitative estimate of drug-likeness (QED) is 0.685. The molecule has 0 spiro atoms. The van der Waals surface area contributed by atoms with E-state index in [1.54, 1.807) is 0 Å². The van der Waals surface area contributed by atoms with Gasteiger partial charge in [0.05, 0.1) is 23.2 Å². The summed E-state index contributed by atoms with van der Waals surface area (Å²) in [6.45, 7) is 5.04. The van der Waals surface area contributed by atoms with Crippen LogP contribution in [0, 0.1) is 0 Å². The summed E-state index contributed by atoms with van der Waals surface area (Å²) in [5, 5.41) is 2.10. The van der Waals surface area contributed by atoms with Crippen molar-refractivity contribution in [1.82, 2.24) is 9.80 Å². The zero-order chi connectivity index (χ0) is 24.5. The van der Waals surface area contributed by atoms with Crippen LogP contribution in [0.25, 0.3) is 0 Å². The molecule has 0 bridgehead atoms. The average Bonchev–Trinajstić information content (AvgIpc) is 3.23. The number of hydrogen-bond acceptors (Lipinski definition) is 4. The lowest BCUT2D eigenvalue weighted by Gasteiger charge is -2.38. The maximum atomic E-state index is 13.1. The van der Waals surface area contributed by atoms with Gasteiger partial charge >= 0.3 is 6.18 Å². The Balaban J connectivity index is 1.28. The molecule has 1 atom stereocenters. The Bertz CT molecular complexity index is 1070. The van der Waals surface area contributed by atoms with Gasteiger partial charge in [0.25, 0.3) is 0 Å². The number of para-hydroxylation sites is 1. The van der Waals surface area contributed by atoms with Crippen LogP contribution in [-0.2, 0) is 22.2 Å². The molecule has 2 aliphatic rings. The molecule has 4 rings (SSSR count). The molecule has 182 valence electrons. The molecule has 0 aromatic heterocycles. The highest BCUT2D eigenvalue weighted by Gasteiger charge is 2.34. The van der Waals surface area contributed by atoms with Crippen LogP contribution in [0.2, 0.25) is 5.02 Å². The van der Waals surface area contributed by atoms with Gasteiger partial charge in [-0.05, 0) is 43.2 Å². The van der Waals surface area contributed by atoms with Crippen LogP contribution in [0.5, 0.6) is 0 Å². The van der Waals surface area contributed by atoms with E-state index in [1.807, 2.05) is 41.0 Å². The minimum atomic E-state index is -4.60. The average molecular weight is 495 g/mol. The number of alkyl halides is 3. The standard InChI is InChI=1S/C24H26ClF3N4O2/c1-16(23(34)32-9-8-17-4-2-3-5-21(17)32)31-12-10-30(11-13-31)15-22(33)29-18-6-7-20(25)19(14-18)24(26,27)28/h2-7,14,16H,8-13,15H2,1H3,(H,29,33). The van der Waals surface area contributed by atoms with Crippen molar-refractivity contribution in [2.75, 3.05) is 49.5 Å². The Kier molecular flexibility index (Phi) is 7.16. The first-order valence-corrected chi connectivity index (χ1v) is 11.5. The second-order valence-electron chi connectivity index (χ2n) is 8.60. The summed E-state index contributed by atoms with van der Waals surface area (Å²) in [6, 6.07) is 11.0. The first kappa shape index (κ1) is 24.5. The van der Waals surface area contributed by atoms with Crippen molar-refractivity contribution >= 4 is 34.8 Å². The lowest BCUT2D eigenvalue weighted by Crippen LogP contribution is -2.55. The number of fused-ring (bicyclic) bond motifs is 1. The van der Waals surface area contributed by atoms with E-state index < -0.39 is 22.7 Å². The first-order valence-electron chi connectivity index (χ1n) is 11.2. The Morgan fingerprint density at radius 3 is 2.47 bits per heavy atom. The van der Waals surface area contributed by atoms with Crippen molar-refractivity contribution in [1.29, 1.82) is 0 Å². The molecule has 2 heterocycles. The molecule has 1 unspecified atom stereocenters. The van der Waals surface area contributed by atoms with Crippen LogP contribution >= 0.6 is 11.6 Å². The highest BCUT2D eigenvalue weighted by atomic mass is 35.5. The van der Waals surface area contributed by atoms with E-state index in [0.717, 1.165) is 24.2 Å². The molecule has 0 saturated carbocycles. The Hall–Kier alpha value is -2.62. The van der Waals surface area contributed by atoms with Gasteiger partial charge < -0.3 is 10.2 Å². The van der Waals surface area contributed by atoms with Gasteiger partial charge in [-0.3, -0.25) is 19.4 Å². The van der Waals surface area contributed by atoms with Crippen molar-refractivity contribution in [3.05, 3.63) is 58.6 Å². The lowest BCUT2D eigenvalue weighted by molar-refractivity contribution is -0.137. The predicted octanol–water partition coefficient (Wildman–Crippen LogP) is 3.89. The number of hydrogen-bond donors (Lipinski definition) is 1.